The minimum atomic E-state index is -0.245. The van der Waals surface area contributed by atoms with Crippen LogP contribution in [-0.4, -0.2) is 46.3 Å². The second-order valence-corrected chi connectivity index (χ2v) is 6.51. The Hall–Kier alpha value is -2.19. The zero-order valence-electron chi connectivity index (χ0n) is 14.2. The van der Waals surface area contributed by atoms with Crippen molar-refractivity contribution in [3.05, 3.63) is 36.1 Å². The zero-order chi connectivity index (χ0) is 17.2. The van der Waals surface area contributed by atoms with Crippen LogP contribution in [0.5, 0.6) is 0 Å². The maximum absolute atomic E-state index is 12.6. The van der Waals surface area contributed by atoms with Gasteiger partial charge in [-0.3, -0.25) is 4.79 Å². The van der Waals surface area contributed by atoms with E-state index >= 15 is 0 Å². The van der Waals surface area contributed by atoms with Gasteiger partial charge in [0, 0.05) is 45.2 Å². The molecule has 0 radical (unpaired) electrons. The Kier molecular flexibility index (Phi) is 4.54. The number of hydrogen-bond acceptors (Lipinski definition) is 6. The summed E-state index contributed by atoms with van der Waals surface area (Å²) >= 11 is 0. The van der Waals surface area contributed by atoms with Crippen LogP contribution in [0.1, 0.15) is 53.5 Å². The third kappa shape index (κ3) is 3.32. The van der Waals surface area contributed by atoms with E-state index in [0.29, 0.717) is 31.4 Å². The van der Waals surface area contributed by atoms with Crippen LogP contribution in [0.3, 0.4) is 0 Å². The highest BCUT2D eigenvalue weighted by Gasteiger charge is 2.34. The largest absolute Gasteiger partial charge is 0.448 e. The second-order valence-electron chi connectivity index (χ2n) is 6.51. The number of imidazole rings is 1. The van der Waals surface area contributed by atoms with Gasteiger partial charge in [-0.05, 0) is 19.3 Å². The molecule has 2 fully saturated rings. The molecule has 4 rings (SSSR count). The fourth-order valence-electron chi connectivity index (χ4n) is 3.41. The Morgan fingerprint density at radius 2 is 2.12 bits per heavy atom. The minimum Gasteiger partial charge on any atom is -0.448 e. The van der Waals surface area contributed by atoms with Crippen molar-refractivity contribution in [1.29, 1.82) is 0 Å². The number of nitrogens with zero attached hydrogens (tertiary/aromatic N) is 3. The topological polar surface area (TPSA) is 91.4 Å². The van der Waals surface area contributed by atoms with Crippen LogP contribution in [0.15, 0.2) is 23.1 Å². The lowest BCUT2D eigenvalue weighted by molar-refractivity contribution is 0.0775. The molecule has 0 spiro atoms. The van der Waals surface area contributed by atoms with Crippen LogP contribution in [0, 0.1) is 0 Å². The summed E-state index contributed by atoms with van der Waals surface area (Å²) in [4.78, 5) is 21.3. The molecule has 2 atom stereocenters. The molecule has 2 aromatic rings. The summed E-state index contributed by atoms with van der Waals surface area (Å²) in [5.74, 6) is 1.42. The summed E-state index contributed by atoms with van der Waals surface area (Å²) in [5, 5.41) is 3.01. The fraction of sp³-hybridized carbons (Fsp3) is 0.588. The molecule has 25 heavy (non-hydrogen) atoms. The average molecular weight is 346 g/mol. The number of hydrogen-bond donors (Lipinski definition) is 1. The Balaban J connectivity index is 1.43. The smallest absolute Gasteiger partial charge is 0.273 e. The molecule has 1 amide bonds. The van der Waals surface area contributed by atoms with Crippen molar-refractivity contribution in [1.82, 2.24) is 19.9 Å². The third-order valence-corrected chi connectivity index (χ3v) is 4.85. The monoisotopic (exact) mass is 346 g/mol. The van der Waals surface area contributed by atoms with Crippen LogP contribution in [0.4, 0.5) is 0 Å². The van der Waals surface area contributed by atoms with Gasteiger partial charge in [0.2, 0.25) is 0 Å². The normalized spacial score (nSPS) is 24.5. The lowest BCUT2D eigenvalue weighted by Gasteiger charge is -2.19. The van der Waals surface area contributed by atoms with Crippen molar-refractivity contribution in [3.63, 3.8) is 0 Å². The maximum atomic E-state index is 12.6. The standard InChI is InChI=1S/C17H22N4O4/c1-21-6-5-18-15(21)14-12(4-9-24-14)19-16(22)13-10-25-17(20-13)11-2-7-23-8-3-11/h5-6,10-12,14H,2-4,7-9H2,1H3,(H,19,22)/t12-,14-/m0/s1. The predicted octanol–water partition coefficient (Wildman–Crippen LogP) is 1.56. The summed E-state index contributed by atoms with van der Waals surface area (Å²) < 4.78 is 18.6. The van der Waals surface area contributed by atoms with Crippen LogP contribution < -0.4 is 5.32 Å². The average Bonchev–Trinajstić information content (AvgIpc) is 3.36. The number of carbonyl (C=O) groups excluding carboxylic acids is 1. The van der Waals surface area contributed by atoms with Gasteiger partial charge in [-0.2, -0.15) is 0 Å². The van der Waals surface area contributed by atoms with Gasteiger partial charge in [-0.25, -0.2) is 9.97 Å². The Labute approximate surface area is 145 Å². The molecule has 0 saturated carbocycles. The number of rotatable bonds is 4. The second kappa shape index (κ2) is 6.97. The van der Waals surface area contributed by atoms with Gasteiger partial charge in [-0.15, -0.1) is 0 Å². The summed E-state index contributed by atoms with van der Waals surface area (Å²) in [6, 6.07) is -0.128. The molecule has 134 valence electrons. The molecular weight excluding hydrogens is 324 g/mol. The highest BCUT2D eigenvalue weighted by Crippen LogP contribution is 2.29. The minimum absolute atomic E-state index is 0.128. The number of nitrogens with one attached hydrogen (secondary N) is 1. The summed E-state index contributed by atoms with van der Waals surface area (Å²) in [5.41, 5.74) is 0.312. The highest BCUT2D eigenvalue weighted by atomic mass is 16.5. The van der Waals surface area contributed by atoms with Gasteiger partial charge in [-0.1, -0.05) is 0 Å². The van der Waals surface area contributed by atoms with Gasteiger partial charge in [0.1, 0.15) is 18.2 Å². The summed E-state index contributed by atoms with van der Waals surface area (Å²) in [7, 11) is 1.92. The van der Waals surface area contributed by atoms with Crippen molar-refractivity contribution in [3.8, 4) is 0 Å². The van der Waals surface area contributed by atoms with Crippen molar-refractivity contribution in [2.45, 2.75) is 37.3 Å². The molecule has 0 unspecified atom stereocenters. The number of carbonyl (C=O) groups is 1. The van der Waals surface area contributed by atoms with Gasteiger partial charge >= 0.3 is 0 Å². The Morgan fingerprint density at radius 1 is 1.28 bits per heavy atom. The van der Waals surface area contributed by atoms with Crippen molar-refractivity contribution in [2.24, 2.45) is 7.05 Å². The molecule has 0 aromatic carbocycles. The molecule has 2 saturated heterocycles. The first kappa shape index (κ1) is 16.3. The maximum Gasteiger partial charge on any atom is 0.273 e. The van der Waals surface area contributed by atoms with E-state index in [1.54, 1.807) is 6.20 Å². The Bertz CT molecular complexity index is 735. The first-order valence-corrected chi connectivity index (χ1v) is 8.65. The molecule has 0 aliphatic carbocycles. The Morgan fingerprint density at radius 3 is 2.88 bits per heavy atom. The zero-order valence-corrected chi connectivity index (χ0v) is 14.2. The molecule has 4 heterocycles. The first-order chi connectivity index (χ1) is 12.2. The summed E-state index contributed by atoms with van der Waals surface area (Å²) in [6.07, 6.45) is 7.28. The van der Waals surface area contributed by atoms with E-state index in [2.05, 4.69) is 15.3 Å². The van der Waals surface area contributed by atoms with Crippen molar-refractivity contribution >= 4 is 5.91 Å². The number of ether oxygens (including phenoxy) is 2. The molecule has 2 aromatic heterocycles. The van der Waals surface area contributed by atoms with E-state index < -0.39 is 0 Å². The van der Waals surface area contributed by atoms with E-state index in [9.17, 15) is 4.79 Å². The van der Waals surface area contributed by atoms with E-state index in [1.165, 1.54) is 6.26 Å². The van der Waals surface area contributed by atoms with Crippen LogP contribution >= 0.6 is 0 Å². The number of aryl methyl sites for hydroxylation is 1. The number of aromatic nitrogens is 3. The quantitative estimate of drug-likeness (QED) is 0.903. The van der Waals surface area contributed by atoms with Crippen LogP contribution in [0.2, 0.25) is 0 Å². The lowest BCUT2D eigenvalue weighted by atomic mass is 10.0. The molecule has 8 heteroatoms. The molecular formula is C17H22N4O4. The SMILES string of the molecule is Cn1ccnc1[C@H]1OCC[C@@H]1NC(=O)c1coc(C2CCOCC2)n1. The predicted molar refractivity (Wildman–Crippen MR) is 87.1 cm³/mol. The first-order valence-electron chi connectivity index (χ1n) is 8.65. The number of amides is 1. The summed E-state index contributed by atoms with van der Waals surface area (Å²) in [6.45, 7) is 2.01. The van der Waals surface area contributed by atoms with Gasteiger partial charge in [0.15, 0.2) is 11.6 Å². The van der Waals surface area contributed by atoms with E-state index in [0.717, 1.165) is 25.1 Å². The van der Waals surface area contributed by atoms with Gasteiger partial charge in [0.05, 0.1) is 6.04 Å². The molecule has 2 aliphatic heterocycles. The van der Waals surface area contributed by atoms with Crippen LogP contribution in [0.25, 0.3) is 0 Å². The molecule has 0 bridgehead atoms. The lowest BCUT2D eigenvalue weighted by Crippen LogP contribution is -2.37. The van der Waals surface area contributed by atoms with E-state index in [4.69, 9.17) is 13.9 Å². The van der Waals surface area contributed by atoms with Crippen molar-refractivity contribution in [2.75, 3.05) is 19.8 Å². The van der Waals surface area contributed by atoms with E-state index in [-0.39, 0.29) is 24.0 Å². The third-order valence-electron chi connectivity index (χ3n) is 4.85. The van der Waals surface area contributed by atoms with Crippen molar-refractivity contribution < 1.29 is 18.7 Å². The van der Waals surface area contributed by atoms with E-state index in [1.807, 2.05) is 17.8 Å². The number of oxazole rings is 1. The fourth-order valence-corrected chi connectivity index (χ4v) is 3.41. The highest BCUT2D eigenvalue weighted by molar-refractivity contribution is 5.92. The molecule has 2 aliphatic rings. The van der Waals surface area contributed by atoms with Crippen LogP contribution in [-0.2, 0) is 16.5 Å². The molecule has 8 nitrogen and oxygen atoms in total. The molecule has 1 N–H and O–H groups in total. The van der Waals surface area contributed by atoms with Gasteiger partial charge < -0.3 is 23.8 Å². The van der Waals surface area contributed by atoms with Gasteiger partial charge in [0.25, 0.3) is 5.91 Å².